The number of rotatable bonds is 6. The number of benzene rings is 2. The number of aromatic hydroxyl groups is 1. The minimum atomic E-state index is -1.68. The number of aliphatic hydroxyl groups is 6. The van der Waals surface area contributed by atoms with Gasteiger partial charge in [0.25, 0.3) is 0 Å². The second kappa shape index (κ2) is 11.6. The monoisotopic (exact) mass is 564 g/mol. The van der Waals surface area contributed by atoms with Gasteiger partial charge in [-0.05, 0) is 36.2 Å². The van der Waals surface area contributed by atoms with Gasteiger partial charge in [-0.2, -0.15) is 0 Å². The van der Waals surface area contributed by atoms with Gasteiger partial charge in [-0.3, -0.25) is 0 Å². The molecule has 0 amide bonds. The fourth-order valence-corrected chi connectivity index (χ4v) is 5.09. The third-order valence-electron chi connectivity index (χ3n) is 7.41. The van der Waals surface area contributed by atoms with Gasteiger partial charge >= 0.3 is 5.97 Å². The normalized spacial score (nSPS) is 37.9. The van der Waals surface area contributed by atoms with Crippen LogP contribution in [0.5, 0.6) is 11.5 Å². The van der Waals surface area contributed by atoms with Crippen molar-refractivity contribution in [2.45, 2.75) is 80.9 Å². The quantitative estimate of drug-likeness (QED) is 0.208. The second-order valence-corrected chi connectivity index (χ2v) is 10.1. The van der Waals surface area contributed by atoms with E-state index < -0.39 is 80.1 Å². The van der Waals surface area contributed by atoms with Crippen molar-refractivity contribution in [3.63, 3.8) is 0 Å². The molecule has 0 aromatic heterocycles. The lowest BCUT2D eigenvalue weighted by Gasteiger charge is -2.45. The third-order valence-corrected chi connectivity index (χ3v) is 7.41. The largest absolute Gasteiger partial charge is 0.507 e. The molecule has 7 N–H and O–H groups in total. The molecule has 5 rings (SSSR count). The molecule has 2 aromatic carbocycles. The summed E-state index contributed by atoms with van der Waals surface area (Å²) in [5, 5.41) is 71.5. The number of fused-ring (bicyclic) bond motifs is 1. The summed E-state index contributed by atoms with van der Waals surface area (Å²) < 4.78 is 27.9. The Bertz CT molecular complexity index is 1190. The number of carbonyl (C=O) groups is 1. The van der Waals surface area contributed by atoms with Gasteiger partial charge in [0.2, 0.25) is 6.29 Å². The third kappa shape index (κ3) is 5.40. The maximum absolute atomic E-state index is 12.4. The molecule has 2 aromatic rings. The zero-order valence-corrected chi connectivity index (χ0v) is 21.4. The van der Waals surface area contributed by atoms with Crippen LogP contribution in [0.25, 0.3) is 0 Å². The zero-order chi connectivity index (χ0) is 28.7. The Balaban J connectivity index is 1.28. The van der Waals surface area contributed by atoms with Crippen molar-refractivity contribution in [2.75, 3.05) is 6.61 Å². The summed E-state index contributed by atoms with van der Waals surface area (Å²) in [7, 11) is 0. The van der Waals surface area contributed by atoms with Crippen LogP contribution in [0.2, 0.25) is 0 Å². The summed E-state index contributed by atoms with van der Waals surface area (Å²) in [5.41, 5.74) is 1.46. The Labute approximate surface area is 228 Å². The van der Waals surface area contributed by atoms with E-state index in [9.17, 15) is 40.5 Å². The van der Waals surface area contributed by atoms with Crippen LogP contribution in [0.4, 0.5) is 0 Å². The first-order valence-corrected chi connectivity index (χ1v) is 12.8. The number of ether oxygens (including phenoxy) is 5. The molecule has 0 bridgehead atoms. The average molecular weight is 565 g/mol. The lowest BCUT2D eigenvalue weighted by atomic mass is 9.94. The molecule has 3 aliphatic rings. The van der Waals surface area contributed by atoms with Crippen molar-refractivity contribution in [2.24, 2.45) is 0 Å². The number of aliphatic hydroxyl groups excluding tert-OH is 6. The number of hydrogen-bond donors (Lipinski definition) is 7. The first kappa shape index (κ1) is 28.7. The van der Waals surface area contributed by atoms with Crippen molar-refractivity contribution >= 4 is 5.97 Å². The number of hydrogen-bond acceptors (Lipinski definition) is 13. The smallest absolute Gasteiger partial charge is 0.342 e. The maximum Gasteiger partial charge on any atom is 0.342 e. The standard InChI is InChI=1S/C27H32O13/c1-11-19(30)21(32)22(33)26(36-11)40-24-20(31)17(10-28)39-27(23(24)34)37-14-7-5-12(6-8-14)16-9-13-3-2-4-15(29)18(13)25(35)38-16/h2-8,11,16-17,19-24,26-34H,9-10H2,1H3/t11-,16-,17+,19-,20+,21+,22+,23+,24-,26-,27+/m1/s1. The lowest BCUT2D eigenvalue weighted by molar-refractivity contribution is -0.349. The molecule has 13 nitrogen and oxygen atoms in total. The van der Waals surface area contributed by atoms with Crippen molar-refractivity contribution in [3.05, 3.63) is 59.2 Å². The molecule has 0 saturated carbocycles. The lowest BCUT2D eigenvalue weighted by Crippen LogP contribution is -2.64. The van der Waals surface area contributed by atoms with E-state index in [4.69, 9.17) is 23.7 Å². The summed E-state index contributed by atoms with van der Waals surface area (Å²) >= 11 is 0. The van der Waals surface area contributed by atoms with Crippen LogP contribution >= 0.6 is 0 Å². The van der Waals surface area contributed by atoms with Gasteiger partial charge in [0.1, 0.15) is 65.9 Å². The van der Waals surface area contributed by atoms with E-state index in [0.717, 1.165) is 0 Å². The van der Waals surface area contributed by atoms with Crippen molar-refractivity contribution in [3.8, 4) is 11.5 Å². The minimum Gasteiger partial charge on any atom is -0.507 e. The number of phenols is 1. The van der Waals surface area contributed by atoms with Gasteiger partial charge in [-0.15, -0.1) is 0 Å². The summed E-state index contributed by atoms with van der Waals surface area (Å²) in [6.07, 6.45) is -14.6. The van der Waals surface area contributed by atoms with E-state index >= 15 is 0 Å². The zero-order valence-electron chi connectivity index (χ0n) is 21.4. The van der Waals surface area contributed by atoms with Crippen LogP contribution < -0.4 is 4.74 Å². The molecule has 0 radical (unpaired) electrons. The first-order valence-electron chi connectivity index (χ1n) is 12.8. The average Bonchev–Trinajstić information content (AvgIpc) is 2.94. The fraction of sp³-hybridized carbons (Fsp3) is 0.519. The van der Waals surface area contributed by atoms with Gasteiger partial charge in [0, 0.05) is 6.42 Å². The van der Waals surface area contributed by atoms with E-state index in [1.54, 1.807) is 36.4 Å². The van der Waals surface area contributed by atoms with Crippen LogP contribution in [0.3, 0.4) is 0 Å². The molecular weight excluding hydrogens is 532 g/mol. The van der Waals surface area contributed by atoms with Crippen LogP contribution in [-0.4, -0.2) is 110 Å². The number of carbonyl (C=O) groups excluding carboxylic acids is 1. The van der Waals surface area contributed by atoms with E-state index in [1.807, 2.05) is 0 Å². The number of cyclic esters (lactones) is 1. The van der Waals surface area contributed by atoms with Gasteiger partial charge in [0.15, 0.2) is 6.29 Å². The van der Waals surface area contributed by atoms with E-state index in [0.29, 0.717) is 17.5 Å². The molecule has 0 aliphatic carbocycles. The van der Waals surface area contributed by atoms with Crippen molar-refractivity contribution in [1.82, 2.24) is 0 Å². The van der Waals surface area contributed by atoms with Gasteiger partial charge in [-0.25, -0.2) is 4.79 Å². The van der Waals surface area contributed by atoms with Crippen LogP contribution in [0.15, 0.2) is 42.5 Å². The maximum atomic E-state index is 12.4. The highest BCUT2D eigenvalue weighted by Gasteiger charge is 2.50. The van der Waals surface area contributed by atoms with E-state index in [1.165, 1.54) is 13.0 Å². The SMILES string of the molecule is C[C@H]1O[C@H](O[C@H]2[C@H](O)[C@@H](Oc3ccc([C@H]4Cc5cccc(O)c5C(=O)O4)cc3)O[C@@H](CO)[C@@H]2O)[C@@H](O)[C@@H](O)[C@@H]1O. The molecule has 40 heavy (non-hydrogen) atoms. The predicted octanol–water partition coefficient (Wildman–Crippen LogP) is -1.12. The highest BCUT2D eigenvalue weighted by Crippen LogP contribution is 2.36. The van der Waals surface area contributed by atoms with Crippen LogP contribution in [0.1, 0.15) is 34.5 Å². The summed E-state index contributed by atoms with van der Waals surface area (Å²) in [6.45, 7) is 0.804. The molecule has 13 heteroatoms. The Kier molecular flexibility index (Phi) is 8.29. The minimum absolute atomic E-state index is 0.142. The molecule has 2 saturated heterocycles. The van der Waals surface area contributed by atoms with Crippen molar-refractivity contribution < 1.29 is 64.2 Å². The summed E-state index contributed by atoms with van der Waals surface area (Å²) in [5.74, 6) is -0.537. The van der Waals surface area contributed by atoms with Crippen molar-refractivity contribution in [1.29, 1.82) is 0 Å². The highest BCUT2D eigenvalue weighted by atomic mass is 16.7. The van der Waals surface area contributed by atoms with Gasteiger partial charge in [-0.1, -0.05) is 24.3 Å². The van der Waals surface area contributed by atoms with Gasteiger partial charge < -0.3 is 59.4 Å². The molecular formula is C27H32O13. The molecule has 11 atom stereocenters. The number of phenolic OH excluding ortho intramolecular Hbond substituents is 1. The molecule has 0 spiro atoms. The molecule has 3 aliphatic heterocycles. The molecule has 3 heterocycles. The summed E-state index contributed by atoms with van der Waals surface area (Å²) in [6, 6.07) is 11.2. The Hall–Kier alpha value is -2.85. The molecule has 2 fully saturated rings. The topological polar surface area (TPSA) is 205 Å². The molecule has 0 unspecified atom stereocenters. The Morgan fingerprint density at radius 2 is 1.60 bits per heavy atom. The van der Waals surface area contributed by atoms with E-state index in [-0.39, 0.29) is 17.1 Å². The Morgan fingerprint density at radius 1 is 0.875 bits per heavy atom. The van der Waals surface area contributed by atoms with E-state index in [2.05, 4.69) is 0 Å². The number of esters is 1. The highest BCUT2D eigenvalue weighted by molar-refractivity contribution is 5.95. The summed E-state index contributed by atoms with van der Waals surface area (Å²) in [4.78, 5) is 12.4. The van der Waals surface area contributed by atoms with Crippen LogP contribution in [0, 0.1) is 0 Å². The molecule has 218 valence electrons. The van der Waals surface area contributed by atoms with Gasteiger partial charge in [0.05, 0.1) is 12.7 Å². The van der Waals surface area contributed by atoms with Crippen LogP contribution in [-0.2, 0) is 25.4 Å². The fourth-order valence-electron chi connectivity index (χ4n) is 5.09. The predicted molar refractivity (Wildman–Crippen MR) is 132 cm³/mol. The second-order valence-electron chi connectivity index (χ2n) is 10.1. The first-order chi connectivity index (χ1) is 19.1. The Morgan fingerprint density at radius 3 is 2.30 bits per heavy atom.